The predicted octanol–water partition coefficient (Wildman–Crippen LogP) is 3.48. The number of hydrogen-bond acceptors (Lipinski definition) is 4. The monoisotopic (exact) mass is 486 g/mol. The van der Waals surface area contributed by atoms with Crippen molar-refractivity contribution in [2.24, 2.45) is 0 Å². The van der Waals surface area contributed by atoms with Crippen LogP contribution >= 0.6 is 0 Å². The molecule has 2 aromatic carbocycles. The Morgan fingerprint density at radius 1 is 1.14 bits per heavy atom. The van der Waals surface area contributed by atoms with Crippen LogP contribution in [0.25, 0.3) is 10.9 Å². The van der Waals surface area contributed by atoms with Crippen LogP contribution in [0.3, 0.4) is 0 Å². The Morgan fingerprint density at radius 3 is 2.74 bits per heavy atom. The molecule has 11 heteroatoms. The smallest absolute Gasteiger partial charge is 0.406 e. The number of alkyl halides is 3. The molecule has 0 aliphatic carbocycles. The number of aromatic nitrogens is 1. The summed E-state index contributed by atoms with van der Waals surface area (Å²) in [5.74, 6) is -1.33. The third kappa shape index (κ3) is 4.66. The number of rotatable bonds is 4. The average Bonchev–Trinajstić information content (AvgIpc) is 3.11. The summed E-state index contributed by atoms with van der Waals surface area (Å²) < 4.78 is 41.9. The number of ether oxygens (including phenoxy) is 1. The first-order valence-corrected chi connectivity index (χ1v) is 11.1. The molecule has 0 bridgehead atoms. The fourth-order valence-corrected chi connectivity index (χ4v) is 4.54. The summed E-state index contributed by atoms with van der Waals surface area (Å²) in [6.45, 7) is 0.650. The molecule has 2 aliphatic rings. The Labute approximate surface area is 197 Å². The SMILES string of the molecule is O=C1NC(CCC(=O)N2CCc3[nH]c4ccc(OC(F)(F)F)cc4c3C2)C(=O)Nc2ccccc21. The fraction of sp³-hybridized carbons (Fsp3) is 0.292. The third-order valence-corrected chi connectivity index (χ3v) is 6.23. The summed E-state index contributed by atoms with van der Waals surface area (Å²) in [6.07, 6.45) is -4.14. The lowest BCUT2D eigenvalue weighted by molar-refractivity contribution is -0.274. The number of carbonyl (C=O) groups is 3. The van der Waals surface area contributed by atoms with E-state index >= 15 is 0 Å². The number of amides is 3. The van der Waals surface area contributed by atoms with Gasteiger partial charge in [-0.2, -0.15) is 0 Å². The van der Waals surface area contributed by atoms with E-state index in [9.17, 15) is 27.6 Å². The van der Waals surface area contributed by atoms with Gasteiger partial charge in [0.1, 0.15) is 11.8 Å². The summed E-state index contributed by atoms with van der Waals surface area (Å²) in [4.78, 5) is 42.8. The molecule has 35 heavy (non-hydrogen) atoms. The van der Waals surface area contributed by atoms with Gasteiger partial charge in [-0.25, -0.2) is 0 Å². The lowest BCUT2D eigenvalue weighted by atomic mass is 10.0. The van der Waals surface area contributed by atoms with Gasteiger partial charge in [-0.05, 0) is 36.8 Å². The summed E-state index contributed by atoms with van der Waals surface area (Å²) in [7, 11) is 0. The summed E-state index contributed by atoms with van der Waals surface area (Å²) in [6, 6.07) is 9.86. The maximum atomic E-state index is 13.0. The lowest BCUT2D eigenvalue weighted by Crippen LogP contribution is -2.42. The quantitative estimate of drug-likeness (QED) is 0.525. The highest BCUT2D eigenvalue weighted by Gasteiger charge is 2.32. The number of halogens is 3. The van der Waals surface area contributed by atoms with Crippen molar-refractivity contribution < 1.29 is 32.3 Å². The van der Waals surface area contributed by atoms with E-state index in [1.165, 1.54) is 18.2 Å². The van der Waals surface area contributed by atoms with Crippen LogP contribution in [-0.4, -0.2) is 46.6 Å². The number of carbonyl (C=O) groups excluding carboxylic acids is 3. The molecule has 182 valence electrons. The number of anilines is 1. The number of benzene rings is 2. The van der Waals surface area contributed by atoms with Gasteiger partial charge in [0.05, 0.1) is 11.3 Å². The first-order valence-electron chi connectivity index (χ1n) is 11.1. The normalized spacial score (nSPS) is 17.8. The topological polar surface area (TPSA) is 104 Å². The molecule has 0 fully saturated rings. The molecular weight excluding hydrogens is 465 g/mol. The Balaban J connectivity index is 1.26. The zero-order valence-electron chi connectivity index (χ0n) is 18.4. The van der Waals surface area contributed by atoms with E-state index < -0.39 is 24.2 Å². The maximum Gasteiger partial charge on any atom is 0.573 e. The van der Waals surface area contributed by atoms with E-state index in [2.05, 4.69) is 20.4 Å². The van der Waals surface area contributed by atoms with Crippen molar-refractivity contribution in [3.63, 3.8) is 0 Å². The second-order valence-corrected chi connectivity index (χ2v) is 8.50. The number of H-pyrrole nitrogens is 1. The van der Waals surface area contributed by atoms with Crippen molar-refractivity contribution >= 4 is 34.3 Å². The van der Waals surface area contributed by atoms with Gasteiger partial charge in [-0.15, -0.1) is 13.2 Å². The zero-order chi connectivity index (χ0) is 24.7. The molecule has 3 amide bonds. The van der Waals surface area contributed by atoms with Gasteiger partial charge in [-0.3, -0.25) is 14.4 Å². The molecule has 1 aromatic heterocycles. The number of fused-ring (bicyclic) bond motifs is 4. The van der Waals surface area contributed by atoms with Crippen molar-refractivity contribution in [3.05, 3.63) is 59.3 Å². The highest BCUT2D eigenvalue weighted by Crippen LogP contribution is 2.32. The van der Waals surface area contributed by atoms with E-state index in [4.69, 9.17) is 0 Å². The lowest BCUT2D eigenvalue weighted by Gasteiger charge is -2.28. The average molecular weight is 486 g/mol. The third-order valence-electron chi connectivity index (χ3n) is 6.23. The van der Waals surface area contributed by atoms with Gasteiger partial charge in [0.25, 0.3) is 5.91 Å². The number of nitrogens with one attached hydrogen (secondary N) is 3. The van der Waals surface area contributed by atoms with Gasteiger partial charge >= 0.3 is 6.36 Å². The fourth-order valence-electron chi connectivity index (χ4n) is 4.54. The number of para-hydroxylation sites is 1. The van der Waals surface area contributed by atoms with Crippen LogP contribution in [0.4, 0.5) is 18.9 Å². The summed E-state index contributed by atoms with van der Waals surface area (Å²) in [5, 5.41) is 5.95. The minimum atomic E-state index is -4.80. The highest BCUT2D eigenvalue weighted by atomic mass is 19.4. The van der Waals surface area contributed by atoms with Crippen LogP contribution in [0.2, 0.25) is 0 Å². The van der Waals surface area contributed by atoms with Crippen molar-refractivity contribution in [1.82, 2.24) is 15.2 Å². The molecule has 8 nitrogen and oxygen atoms in total. The Bertz CT molecular complexity index is 1330. The summed E-state index contributed by atoms with van der Waals surface area (Å²) in [5.41, 5.74) is 3.04. The van der Waals surface area contributed by atoms with Gasteiger partial charge < -0.3 is 25.3 Å². The van der Waals surface area contributed by atoms with Crippen LogP contribution < -0.4 is 15.4 Å². The van der Waals surface area contributed by atoms with Gasteiger partial charge in [0, 0.05) is 48.1 Å². The second-order valence-electron chi connectivity index (χ2n) is 8.50. The maximum absolute atomic E-state index is 13.0. The number of nitrogens with zero attached hydrogens (tertiary/aromatic N) is 1. The van der Waals surface area contributed by atoms with E-state index in [1.54, 1.807) is 29.2 Å². The number of hydrogen-bond donors (Lipinski definition) is 3. The van der Waals surface area contributed by atoms with Crippen LogP contribution in [-0.2, 0) is 22.6 Å². The van der Waals surface area contributed by atoms with Crippen molar-refractivity contribution in [2.75, 3.05) is 11.9 Å². The Morgan fingerprint density at radius 2 is 1.94 bits per heavy atom. The Hall–Kier alpha value is -4.02. The molecule has 0 spiro atoms. The predicted molar refractivity (Wildman–Crippen MR) is 120 cm³/mol. The van der Waals surface area contributed by atoms with Crippen LogP contribution in [0.5, 0.6) is 5.75 Å². The molecule has 0 saturated carbocycles. The molecule has 3 aromatic rings. The Kier molecular flexibility index (Phi) is 5.62. The van der Waals surface area contributed by atoms with E-state index in [1.807, 2.05) is 0 Å². The molecule has 3 N–H and O–H groups in total. The summed E-state index contributed by atoms with van der Waals surface area (Å²) >= 11 is 0. The van der Waals surface area contributed by atoms with Gasteiger partial charge in [0.2, 0.25) is 11.8 Å². The molecule has 3 heterocycles. The molecule has 0 saturated heterocycles. The van der Waals surface area contributed by atoms with Crippen LogP contribution in [0, 0.1) is 0 Å². The largest absolute Gasteiger partial charge is 0.573 e. The molecule has 1 atom stereocenters. The molecule has 0 radical (unpaired) electrons. The van der Waals surface area contributed by atoms with Crippen molar-refractivity contribution in [2.45, 2.75) is 38.2 Å². The zero-order valence-corrected chi connectivity index (χ0v) is 18.4. The molecule has 2 aliphatic heterocycles. The van der Waals surface area contributed by atoms with Crippen LogP contribution in [0.1, 0.15) is 34.5 Å². The van der Waals surface area contributed by atoms with Gasteiger partial charge in [-0.1, -0.05) is 12.1 Å². The molecule has 1 unspecified atom stereocenters. The minimum Gasteiger partial charge on any atom is -0.406 e. The van der Waals surface area contributed by atoms with Gasteiger partial charge in [0.15, 0.2) is 0 Å². The first kappa shape index (κ1) is 22.8. The minimum absolute atomic E-state index is 0.0227. The second kappa shape index (κ2) is 8.64. The standard InChI is InChI=1S/C24H21F3N4O4/c25-24(26,27)35-13-5-6-18-15(11-13)16-12-31(10-9-19(16)28-18)21(32)8-7-20-23(34)29-17-4-2-1-3-14(17)22(33)30-20/h1-6,11,20,28H,7-10,12H2,(H,29,34)(H,30,33). The molecule has 5 rings (SSSR count). The van der Waals surface area contributed by atoms with E-state index in [-0.39, 0.29) is 31.0 Å². The van der Waals surface area contributed by atoms with Crippen molar-refractivity contribution in [3.8, 4) is 5.75 Å². The number of aromatic amines is 1. The van der Waals surface area contributed by atoms with E-state index in [0.717, 1.165) is 11.3 Å². The van der Waals surface area contributed by atoms with Crippen LogP contribution in [0.15, 0.2) is 42.5 Å². The molecular formula is C24H21F3N4O4. The first-order chi connectivity index (χ1) is 16.7. The van der Waals surface area contributed by atoms with E-state index in [0.29, 0.717) is 35.1 Å². The highest BCUT2D eigenvalue weighted by molar-refractivity contribution is 6.09. The van der Waals surface area contributed by atoms with Crippen molar-refractivity contribution in [1.29, 1.82) is 0 Å².